The highest BCUT2D eigenvalue weighted by Gasteiger charge is 2.34. The lowest BCUT2D eigenvalue weighted by molar-refractivity contribution is -0.119. The fourth-order valence-electron chi connectivity index (χ4n) is 3.03. The number of Topliss-reactive ketones (excluding diaryl/α,β-unsaturated/α-hetero) is 1. The second-order valence-electron chi connectivity index (χ2n) is 6.18. The minimum absolute atomic E-state index is 0.0681. The number of hydrogen-bond acceptors (Lipinski definition) is 2. The highest BCUT2D eigenvalue weighted by atomic mass is 16.1. The van der Waals surface area contributed by atoms with Crippen LogP contribution in [0.4, 0.5) is 5.69 Å². The summed E-state index contributed by atoms with van der Waals surface area (Å²) >= 11 is 0. The Balaban J connectivity index is 2.49. The van der Waals surface area contributed by atoms with E-state index in [4.69, 9.17) is 0 Å². The van der Waals surface area contributed by atoms with E-state index in [0.717, 1.165) is 6.42 Å². The molecule has 0 aliphatic carbocycles. The summed E-state index contributed by atoms with van der Waals surface area (Å²) in [6.45, 7) is 11.4. The fourth-order valence-corrected chi connectivity index (χ4v) is 3.03. The largest absolute Gasteiger partial charge is 0.359 e. The molecule has 2 heteroatoms. The van der Waals surface area contributed by atoms with Crippen LogP contribution in [-0.2, 0) is 4.79 Å². The summed E-state index contributed by atoms with van der Waals surface area (Å²) in [7, 11) is 0. The molecule has 0 aromatic heterocycles. The van der Waals surface area contributed by atoms with Gasteiger partial charge in [-0.25, -0.2) is 0 Å². The number of rotatable bonds is 1. The van der Waals surface area contributed by atoms with E-state index in [1.165, 1.54) is 22.4 Å². The van der Waals surface area contributed by atoms with Gasteiger partial charge in [0.05, 0.1) is 6.54 Å². The quantitative estimate of drug-likeness (QED) is 0.754. The fraction of sp³-hybridized carbons (Fsp3) is 0.562. The first-order valence-electron chi connectivity index (χ1n) is 6.68. The van der Waals surface area contributed by atoms with Gasteiger partial charge in [0.2, 0.25) is 0 Å². The van der Waals surface area contributed by atoms with Gasteiger partial charge >= 0.3 is 0 Å². The molecule has 1 aromatic rings. The molecule has 0 unspecified atom stereocenters. The molecule has 18 heavy (non-hydrogen) atoms. The average Bonchev–Trinajstić information content (AvgIpc) is 2.22. The molecule has 1 saturated heterocycles. The van der Waals surface area contributed by atoms with Crippen LogP contribution in [0, 0.1) is 20.8 Å². The lowest BCUT2D eigenvalue weighted by atomic mass is 9.87. The first-order chi connectivity index (χ1) is 8.31. The van der Waals surface area contributed by atoms with Gasteiger partial charge in [-0.3, -0.25) is 4.79 Å². The molecule has 0 bridgehead atoms. The molecular formula is C16H23NO. The number of hydrogen-bond donors (Lipinski definition) is 0. The van der Waals surface area contributed by atoms with E-state index in [2.05, 4.69) is 51.7 Å². The number of ketones is 1. The van der Waals surface area contributed by atoms with Crippen molar-refractivity contribution in [3.63, 3.8) is 0 Å². The lowest BCUT2D eigenvalue weighted by Crippen LogP contribution is -2.51. The minimum Gasteiger partial charge on any atom is -0.359 e. The Bertz CT molecular complexity index is 465. The summed E-state index contributed by atoms with van der Waals surface area (Å²) in [4.78, 5) is 14.1. The summed E-state index contributed by atoms with van der Waals surface area (Å²) in [5.41, 5.74) is 5.15. The predicted molar refractivity (Wildman–Crippen MR) is 76.3 cm³/mol. The standard InChI is InChI=1S/C16H23NO/c1-11-8-12(2)15(13(3)9-11)17-10-14(18)6-7-16(17,4)5/h8-9H,6-7,10H2,1-5H3. The van der Waals surface area contributed by atoms with Crippen molar-refractivity contribution in [2.45, 2.75) is 53.0 Å². The lowest BCUT2D eigenvalue weighted by Gasteiger charge is -2.45. The number of anilines is 1. The van der Waals surface area contributed by atoms with E-state index in [1.54, 1.807) is 0 Å². The molecule has 1 aromatic carbocycles. The van der Waals surface area contributed by atoms with Crippen LogP contribution >= 0.6 is 0 Å². The van der Waals surface area contributed by atoms with Crippen LogP contribution in [0.15, 0.2) is 12.1 Å². The van der Waals surface area contributed by atoms with Crippen molar-refractivity contribution in [1.29, 1.82) is 0 Å². The van der Waals surface area contributed by atoms with Gasteiger partial charge in [0, 0.05) is 17.6 Å². The molecule has 2 nitrogen and oxygen atoms in total. The van der Waals surface area contributed by atoms with Crippen LogP contribution in [0.2, 0.25) is 0 Å². The van der Waals surface area contributed by atoms with Crippen LogP contribution in [0.25, 0.3) is 0 Å². The Kier molecular flexibility index (Phi) is 3.22. The zero-order valence-electron chi connectivity index (χ0n) is 12.1. The normalized spacial score (nSPS) is 19.2. The van der Waals surface area contributed by atoms with Crippen LogP contribution < -0.4 is 4.90 Å². The van der Waals surface area contributed by atoms with Crippen LogP contribution in [0.3, 0.4) is 0 Å². The Hall–Kier alpha value is -1.31. The molecule has 2 rings (SSSR count). The number of nitrogens with zero attached hydrogens (tertiary/aromatic N) is 1. The van der Waals surface area contributed by atoms with Gasteiger partial charge in [-0.2, -0.15) is 0 Å². The van der Waals surface area contributed by atoms with Crippen LogP contribution in [0.5, 0.6) is 0 Å². The summed E-state index contributed by atoms with van der Waals surface area (Å²) < 4.78 is 0. The molecule has 0 N–H and O–H groups in total. The van der Waals surface area contributed by atoms with Gasteiger partial charge in [0.15, 0.2) is 5.78 Å². The Morgan fingerprint density at radius 1 is 1.11 bits per heavy atom. The maximum atomic E-state index is 11.8. The number of piperidine rings is 1. The highest BCUT2D eigenvalue weighted by Crippen LogP contribution is 2.35. The maximum Gasteiger partial charge on any atom is 0.152 e. The van der Waals surface area contributed by atoms with Gasteiger partial charge in [0.25, 0.3) is 0 Å². The molecule has 1 fully saturated rings. The topological polar surface area (TPSA) is 20.3 Å². The third-order valence-corrected chi connectivity index (χ3v) is 3.99. The van der Waals surface area contributed by atoms with Crippen molar-refractivity contribution in [3.05, 3.63) is 28.8 Å². The molecular weight excluding hydrogens is 222 g/mol. The predicted octanol–water partition coefficient (Wildman–Crippen LogP) is 3.56. The molecule has 1 heterocycles. The number of aryl methyl sites for hydroxylation is 3. The van der Waals surface area contributed by atoms with Crippen molar-refractivity contribution >= 4 is 11.5 Å². The molecule has 98 valence electrons. The van der Waals surface area contributed by atoms with Crippen molar-refractivity contribution in [2.24, 2.45) is 0 Å². The third kappa shape index (κ3) is 2.29. The number of carbonyl (C=O) groups is 1. The van der Waals surface area contributed by atoms with Crippen LogP contribution in [-0.4, -0.2) is 17.9 Å². The molecule has 0 atom stereocenters. The highest BCUT2D eigenvalue weighted by molar-refractivity contribution is 5.86. The van der Waals surface area contributed by atoms with Crippen molar-refractivity contribution in [2.75, 3.05) is 11.4 Å². The van der Waals surface area contributed by atoms with Crippen molar-refractivity contribution in [3.8, 4) is 0 Å². The van der Waals surface area contributed by atoms with Gasteiger partial charge in [-0.05, 0) is 52.2 Å². The summed E-state index contributed by atoms with van der Waals surface area (Å²) in [5.74, 6) is 0.355. The van der Waals surface area contributed by atoms with Crippen LogP contribution in [0.1, 0.15) is 43.4 Å². The molecule has 1 aliphatic heterocycles. The van der Waals surface area contributed by atoms with E-state index in [0.29, 0.717) is 18.7 Å². The molecule has 0 spiro atoms. The van der Waals surface area contributed by atoms with E-state index < -0.39 is 0 Å². The van der Waals surface area contributed by atoms with Gasteiger partial charge in [-0.1, -0.05) is 17.7 Å². The average molecular weight is 245 g/mol. The zero-order valence-corrected chi connectivity index (χ0v) is 12.1. The molecule has 0 amide bonds. The van der Waals surface area contributed by atoms with Gasteiger partial charge in [0.1, 0.15) is 0 Å². The molecule has 0 saturated carbocycles. The van der Waals surface area contributed by atoms with E-state index in [-0.39, 0.29) is 5.54 Å². The summed E-state index contributed by atoms with van der Waals surface area (Å²) in [5, 5.41) is 0. The van der Waals surface area contributed by atoms with Gasteiger partial charge < -0.3 is 4.90 Å². The van der Waals surface area contributed by atoms with Crippen molar-refractivity contribution in [1.82, 2.24) is 0 Å². The van der Waals surface area contributed by atoms with Gasteiger partial charge in [-0.15, -0.1) is 0 Å². The smallest absolute Gasteiger partial charge is 0.152 e. The summed E-state index contributed by atoms with van der Waals surface area (Å²) in [6.07, 6.45) is 1.66. The Morgan fingerprint density at radius 2 is 1.67 bits per heavy atom. The first kappa shape index (κ1) is 13.1. The minimum atomic E-state index is 0.0681. The summed E-state index contributed by atoms with van der Waals surface area (Å²) in [6, 6.07) is 4.41. The first-order valence-corrected chi connectivity index (χ1v) is 6.68. The Morgan fingerprint density at radius 3 is 2.22 bits per heavy atom. The molecule has 0 radical (unpaired) electrons. The number of benzene rings is 1. The number of carbonyl (C=O) groups excluding carboxylic acids is 1. The SMILES string of the molecule is Cc1cc(C)c(N2CC(=O)CCC2(C)C)c(C)c1. The van der Waals surface area contributed by atoms with Crippen molar-refractivity contribution < 1.29 is 4.79 Å². The second-order valence-corrected chi connectivity index (χ2v) is 6.18. The Labute approximate surface area is 110 Å². The monoisotopic (exact) mass is 245 g/mol. The van der Waals surface area contributed by atoms with E-state index in [9.17, 15) is 4.79 Å². The second kappa shape index (κ2) is 4.42. The van der Waals surface area contributed by atoms with E-state index >= 15 is 0 Å². The molecule has 1 aliphatic rings. The maximum absolute atomic E-state index is 11.8. The third-order valence-electron chi connectivity index (χ3n) is 3.99. The van der Waals surface area contributed by atoms with E-state index in [1.807, 2.05) is 0 Å². The zero-order chi connectivity index (χ0) is 13.5.